The number of ether oxygens (including phenoxy) is 1. The molecular weight excluding hydrogens is 531 g/mol. The van der Waals surface area contributed by atoms with E-state index in [0.29, 0.717) is 32.8 Å². The zero-order valence-electron chi connectivity index (χ0n) is 19.9. The van der Waals surface area contributed by atoms with Crippen molar-refractivity contribution in [3.63, 3.8) is 0 Å². The van der Waals surface area contributed by atoms with Gasteiger partial charge in [-0.05, 0) is 67.1 Å². The van der Waals surface area contributed by atoms with E-state index >= 15 is 0 Å². The molecule has 1 amide bonds. The van der Waals surface area contributed by atoms with Crippen LogP contribution in [0.3, 0.4) is 0 Å². The average molecular weight is 555 g/mol. The molecule has 9 heteroatoms. The fourth-order valence-electron chi connectivity index (χ4n) is 3.58. The number of rotatable bonds is 9. The Labute approximate surface area is 226 Å². The van der Waals surface area contributed by atoms with Crippen LogP contribution >= 0.6 is 23.2 Å². The lowest BCUT2D eigenvalue weighted by Crippen LogP contribution is -2.37. The highest BCUT2D eigenvalue weighted by Crippen LogP contribution is 2.32. The maximum atomic E-state index is 13.6. The molecule has 4 aromatic carbocycles. The molecule has 0 radical (unpaired) electrons. The fourth-order valence-corrected chi connectivity index (χ4v) is 5.35. The number of carbonyl (C=O) groups is 1. The number of hydrogen-bond acceptors (Lipinski definition) is 4. The first-order valence-electron chi connectivity index (χ1n) is 11.3. The van der Waals surface area contributed by atoms with E-state index in [1.807, 2.05) is 25.1 Å². The van der Waals surface area contributed by atoms with Crippen LogP contribution in [0.25, 0.3) is 0 Å². The molecule has 4 aromatic rings. The number of halogens is 2. The van der Waals surface area contributed by atoms with Crippen molar-refractivity contribution in [2.75, 3.05) is 11.9 Å². The molecule has 0 aliphatic heterocycles. The lowest BCUT2D eigenvalue weighted by molar-refractivity contribution is -0.116. The van der Waals surface area contributed by atoms with E-state index in [2.05, 4.69) is 5.32 Å². The van der Waals surface area contributed by atoms with E-state index < -0.39 is 22.5 Å². The monoisotopic (exact) mass is 554 g/mol. The predicted molar refractivity (Wildman–Crippen MR) is 147 cm³/mol. The number of nitrogens with one attached hydrogen (secondary N) is 1. The van der Waals surface area contributed by atoms with Crippen LogP contribution in [0, 0.1) is 6.92 Å². The van der Waals surface area contributed by atoms with Crippen LogP contribution in [0.15, 0.2) is 102 Å². The van der Waals surface area contributed by atoms with Gasteiger partial charge in [0.05, 0.1) is 17.1 Å². The van der Waals surface area contributed by atoms with Crippen molar-refractivity contribution < 1.29 is 17.9 Å². The van der Waals surface area contributed by atoms with Gasteiger partial charge in [-0.1, -0.05) is 71.2 Å². The molecule has 0 unspecified atom stereocenters. The number of hydrogen-bond donors (Lipinski definition) is 1. The highest BCUT2D eigenvalue weighted by atomic mass is 35.5. The maximum absolute atomic E-state index is 13.6. The molecule has 0 atom stereocenters. The van der Waals surface area contributed by atoms with Crippen LogP contribution in [0.2, 0.25) is 10.0 Å². The molecule has 4 rings (SSSR count). The number of benzene rings is 4. The van der Waals surface area contributed by atoms with Gasteiger partial charge < -0.3 is 10.1 Å². The summed E-state index contributed by atoms with van der Waals surface area (Å²) in [5, 5.41) is 3.61. The summed E-state index contributed by atoms with van der Waals surface area (Å²) in [6.45, 7) is 1.38. The van der Waals surface area contributed by atoms with Gasteiger partial charge in [-0.15, -0.1) is 0 Å². The summed E-state index contributed by atoms with van der Waals surface area (Å²) in [6.07, 6.45) is 0. The van der Waals surface area contributed by atoms with E-state index in [1.165, 1.54) is 12.1 Å². The Balaban J connectivity index is 1.61. The maximum Gasteiger partial charge on any atom is 0.243 e. The van der Waals surface area contributed by atoms with Gasteiger partial charge in [0.2, 0.25) is 15.9 Å². The summed E-state index contributed by atoms with van der Waals surface area (Å²) in [5.74, 6) is 0.384. The Bertz CT molecular complexity index is 1490. The van der Waals surface area contributed by atoms with Gasteiger partial charge in [-0.3, -0.25) is 4.79 Å². The number of sulfonamides is 1. The average Bonchev–Trinajstić information content (AvgIpc) is 2.86. The predicted octanol–water partition coefficient (Wildman–Crippen LogP) is 6.92. The van der Waals surface area contributed by atoms with Gasteiger partial charge in [0.25, 0.3) is 0 Å². The van der Waals surface area contributed by atoms with E-state index in [1.54, 1.807) is 66.7 Å². The summed E-state index contributed by atoms with van der Waals surface area (Å²) in [7, 11) is -4.01. The molecule has 0 heterocycles. The minimum Gasteiger partial charge on any atom is -0.455 e. The van der Waals surface area contributed by atoms with E-state index in [-0.39, 0.29) is 11.4 Å². The topological polar surface area (TPSA) is 75.7 Å². The third-order valence-corrected chi connectivity index (χ3v) is 7.69. The standard InChI is InChI=1S/C28H24Cl2N2O4S/c1-20-10-13-25(14-11-20)37(34,35)32(18-21-6-5-7-22(29)16-21)19-28(33)31-26-17-23(30)12-15-27(26)36-24-8-3-2-4-9-24/h2-17H,18-19H2,1H3,(H,31,33). The first-order chi connectivity index (χ1) is 17.7. The van der Waals surface area contributed by atoms with Crippen LogP contribution in [0.1, 0.15) is 11.1 Å². The van der Waals surface area contributed by atoms with Crippen molar-refractivity contribution in [1.29, 1.82) is 0 Å². The van der Waals surface area contributed by atoms with Crippen LogP contribution in [-0.2, 0) is 21.4 Å². The molecule has 0 saturated heterocycles. The quantitative estimate of drug-likeness (QED) is 0.243. The zero-order valence-corrected chi connectivity index (χ0v) is 22.2. The Morgan fingerprint density at radius 3 is 2.27 bits per heavy atom. The minimum absolute atomic E-state index is 0.0485. The van der Waals surface area contributed by atoms with Crippen molar-refractivity contribution >= 4 is 44.8 Å². The molecular formula is C28H24Cl2N2O4S. The second-order valence-electron chi connectivity index (χ2n) is 8.32. The van der Waals surface area contributed by atoms with Gasteiger partial charge in [0, 0.05) is 16.6 Å². The molecule has 1 N–H and O–H groups in total. The zero-order chi connectivity index (χ0) is 26.4. The number of nitrogens with zero attached hydrogens (tertiary/aromatic N) is 1. The molecule has 6 nitrogen and oxygen atoms in total. The van der Waals surface area contributed by atoms with E-state index in [9.17, 15) is 13.2 Å². The van der Waals surface area contributed by atoms with Gasteiger partial charge in [0.15, 0.2) is 5.75 Å². The van der Waals surface area contributed by atoms with Crippen LogP contribution < -0.4 is 10.1 Å². The summed E-state index contributed by atoms with van der Waals surface area (Å²) in [4.78, 5) is 13.3. The minimum atomic E-state index is -4.01. The number of amides is 1. The summed E-state index contributed by atoms with van der Waals surface area (Å²) >= 11 is 12.3. The molecule has 190 valence electrons. The molecule has 0 aliphatic carbocycles. The second kappa shape index (κ2) is 11.8. The van der Waals surface area contributed by atoms with Gasteiger partial charge in [-0.2, -0.15) is 4.31 Å². The third-order valence-electron chi connectivity index (χ3n) is 5.41. The van der Waals surface area contributed by atoms with Crippen LogP contribution in [0.5, 0.6) is 11.5 Å². The molecule has 0 bridgehead atoms. The van der Waals surface area contributed by atoms with Gasteiger partial charge >= 0.3 is 0 Å². The van der Waals surface area contributed by atoms with Crippen molar-refractivity contribution in [2.24, 2.45) is 0 Å². The summed E-state index contributed by atoms with van der Waals surface area (Å²) in [6, 6.07) is 27.2. The Morgan fingerprint density at radius 1 is 0.865 bits per heavy atom. The van der Waals surface area contributed by atoms with Gasteiger partial charge in [0.1, 0.15) is 5.75 Å². The highest BCUT2D eigenvalue weighted by Gasteiger charge is 2.27. The van der Waals surface area contributed by atoms with Crippen molar-refractivity contribution in [1.82, 2.24) is 4.31 Å². The van der Waals surface area contributed by atoms with Crippen molar-refractivity contribution in [2.45, 2.75) is 18.4 Å². The Kier molecular flexibility index (Phi) is 8.51. The molecule has 0 aromatic heterocycles. The van der Waals surface area contributed by atoms with Crippen molar-refractivity contribution in [3.8, 4) is 11.5 Å². The summed E-state index contributed by atoms with van der Waals surface area (Å²) < 4.78 is 34.1. The Hall–Kier alpha value is -3.36. The van der Waals surface area contributed by atoms with Crippen molar-refractivity contribution in [3.05, 3.63) is 118 Å². The van der Waals surface area contributed by atoms with Crippen LogP contribution in [-0.4, -0.2) is 25.2 Å². The van der Waals surface area contributed by atoms with E-state index in [4.69, 9.17) is 27.9 Å². The molecule has 0 spiro atoms. The molecule has 37 heavy (non-hydrogen) atoms. The number of carbonyl (C=O) groups excluding carboxylic acids is 1. The third kappa shape index (κ3) is 7.11. The van der Waals surface area contributed by atoms with Gasteiger partial charge in [-0.25, -0.2) is 8.42 Å². The number of para-hydroxylation sites is 1. The fraction of sp³-hybridized carbons (Fsp3) is 0.107. The van der Waals surface area contributed by atoms with E-state index in [0.717, 1.165) is 9.87 Å². The Morgan fingerprint density at radius 2 is 1.57 bits per heavy atom. The first kappa shape index (κ1) is 26.7. The second-order valence-corrected chi connectivity index (χ2v) is 11.1. The number of anilines is 1. The molecule has 0 aliphatic rings. The van der Waals surface area contributed by atoms with Crippen LogP contribution in [0.4, 0.5) is 5.69 Å². The first-order valence-corrected chi connectivity index (χ1v) is 13.5. The number of aryl methyl sites for hydroxylation is 1. The lowest BCUT2D eigenvalue weighted by atomic mass is 10.2. The smallest absolute Gasteiger partial charge is 0.243 e. The largest absolute Gasteiger partial charge is 0.455 e. The summed E-state index contributed by atoms with van der Waals surface area (Å²) in [5.41, 5.74) is 1.88. The lowest BCUT2D eigenvalue weighted by Gasteiger charge is -2.22. The highest BCUT2D eigenvalue weighted by molar-refractivity contribution is 7.89. The normalized spacial score (nSPS) is 11.4. The molecule has 0 fully saturated rings. The molecule has 0 saturated carbocycles. The SMILES string of the molecule is Cc1ccc(S(=O)(=O)N(CC(=O)Nc2cc(Cl)ccc2Oc2ccccc2)Cc2cccc(Cl)c2)cc1.